The van der Waals surface area contributed by atoms with Crippen LogP contribution in [0.1, 0.15) is 25.7 Å². The van der Waals surface area contributed by atoms with Gasteiger partial charge in [0.15, 0.2) is 14.6 Å². The highest BCUT2D eigenvalue weighted by molar-refractivity contribution is 7.93. The number of nitrogens with one attached hydrogen (secondary N) is 1. The van der Waals surface area contributed by atoms with E-state index in [4.69, 9.17) is 16.3 Å². The summed E-state index contributed by atoms with van der Waals surface area (Å²) in [7, 11) is -4.03. The van der Waals surface area contributed by atoms with Gasteiger partial charge in [0.05, 0.1) is 4.90 Å². The summed E-state index contributed by atoms with van der Waals surface area (Å²) in [5.41, 5.74) is 1.59. The van der Waals surface area contributed by atoms with E-state index in [1.54, 1.807) is 41.9 Å². The number of ether oxygens (including phenoxy) is 1. The monoisotopic (exact) mass is 450 g/mol. The number of hydrogen-bond acceptors (Lipinski definition) is 6. The largest absolute Gasteiger partial charge is 0.457 e. The Morgan fingerprint density at radius 2 is 1.57 bits per heavy atom. The minimum absolute atomic E-state index is 0.0226. The minimum Gasteiger partial charge on any atom is -0.457 e. The lowest BCUT2D eigenvalue weighted by Crippen LogP contribution is -2.58. The molecule has 4 rings (SSSR count). The van der Waals surface area contributed by atoms with Gasteiger partial charge in [-0.2, -0.15) is 0 Å². The Bertz CT molecular complexity index is 1010. The van der Waals surface area contributed by atoms with Crippen LogP contribution < -0.4 is 10.2 Å². The first-order valence-corrected chi connectivity index (χ1v) is 11.7. The lowest BCUT2D eigenvalue weighted by Gasteiger charge is -2.39. The summed E-state index contributed by atoms with van der Waals surface area (Å²) in [5, 5.41) is 9.86. The molecule has 0 atom stereocenters. The van der Waals surface area contributed by atoms with E-state index in [9.17, 15) is 18.4 Å². The molecule has 1 saturated carbocycles. The van der Waals surface area contributed by atoms with E-state index in [1.807, 2.05) is 0 Å². The SMILES string of the molecule is O=C(NO)C1(S(=O)(=O)c2ccc(Oc3ccc(Cl)cc3)cc2)CCN(C2CC2)CC1. The fourth-order valence-corrected chi connectivity index (χ4v) is 6.04. The quantitative estimate of drug-likeness (QED) is 0.517. The molecule has 0 unspecified atom stereocenters. The van der Waals surface area contributed by atoms with Gasteiger partial charge in [-0.25, -0.2) is 13.9 Å². The standard InChI is InChI=1S/C21H23ClN2O5S/c22-15-1-5-17(6-2-15)29-18-7-9-19(10-8-18)30(27,28)21(20(25)23-26)11-13-24(14-12-21)16-3-4-16/h1-2,5-10,16,26H,3-4,11-14H2,(H,23,25). The molecule has 1 heterocycles. The van der Waals surface area contributed by atoms with Crippen LogP contribution in [-0.2, 0) is 14.6 Å². The smallest absolute Gasteiger partial charge is 0.265 e. The molecule has 0 aromatic heterocycles. The van der Waals surface area contributed by atoms with Gasteiger partial charge in [0, 0.05) is 24.2 Å². The fourth-order valence-electron chi connectivity index (χ4n) is 3.96. The van der Waals surface area contributed by atoms with Gasteiger partial charge < -0.3 is 9.64 Å². The van der Waals surface area contributed by atoms with E-state index in [-0.39, 0.29) is 17.7 Å². The van der Waals surface area contributed by atoms with Crippen LogP contribution in [0.25, 0.3) is 0 Å². The Hall–Kier alpha value is -2.13. The van der Waals surface area contributed by atoms with Crippen molar-refractivity contribution in [1.29, 1.82) is 0 Å². The molecule has 2 N–H and O–H groups in total. The van der Waals surface area contributed by atoms with Gasteiger partial charge in [-0.3, -0.25) is 10.0 Å². The second kappa shape index (κ2) is 8.19. The summed E-state index contributed by atoms with van der Waals surface area (Å²) >= 11 is 5.86. The predicted molar refractivity (Wildman–Crippen MR) is 112 cm³/mol. The predicted octanol–water partition coefficient (Wildman–Crippen LogP) is 3.41. The highest BCUT2D eigenvalue weighted by Gasteiger charge is 2.53. The van der Waals surface area contributed by atoms with Crippen LogP contribution in [0.4, 0.5) is 0 Å². The van der Waals surface area contributed by atoms with Crippen LogP contribution >= 0.6 is 11.6 Å². The molecule has 1 amide bonds. The summed E-state index contributed by atoms with van der Waals surface area (Å²) in [6, 6.07) is 13.3. The zero-order chi connectivity index (χ0) is 21.4. The summed E-state index contributed by atoms with van der Waals surface area (Å²) < 4.78 is 30.9. The van der Waals surface area contributed by atoms with Crippen molar-refractivity contribution >= 4 is 27.3 Å². The van der Waals surface area contributed by atoms with Crippen molar-refractivity contribution in [2.75, 3.05) is 13.1 Å². The number of rotatable bonds is 6. The number of nitrogens with zero attached hydrogens (tertiary/aromatic N) is 1. The second-order valence-electron chi connectivity index (χ2n) is 7.73. The Morgan fingerprint density at radius 1 is 1.03 bits per heavy atom. The first-order valence-electron chi connectivity index (χ1n) is 9.82. The number of sulfone groups is 1. The molecule has 160 valence electrons. The number of hydrogen-bond donors (Lipinski definition) is 2. The number of halogens is 1. The third-order valence-electron chi connectivity index (χ3n) is 5.88. The van der Waals surface area contributed by atoms with Gasteiger partial charge in [-0.05, 0) is 74.2 Å². The maximum Gasteiger partial charge on any atom is 0.265 e. The van der Waals surface area contributed by atoms with Gasteiger partial charge in [0.1, 0.15) is 11.5 Å². The van der Waals surface area contributed by atoms with Crippen molar-refractivity contribution in [3.63, 3.8) is 0 Å². The lowest BCUT2D eigenvalue weighted by molar-refractivity contribution is -0.133. The van der Waals surface area contributed by atoms with Crippen molar-refractivity contribution in [3.05, 3.63) is 53.6 Å². The van der Waals surface area contributed by atoms with Crippen LogP contribution in [0.5, 0.6) is 11.5 Å². The zero-order valence-electron chi connectivity index (χ0n) is 16.3. The number of hydroxylamine groups is 1. The molecule has 7 nitrogen and oxygen atoms in total. The van der Waals surface area contributed by atoms with Crippen LogP contribution in [0.15, 0.2) is 53.4 Å². The number of carbonyl (C=O) groups excluding carboxylic acids is 1. The lowest BCUT2D eigenvalue weighted by atomic mass is 9.94. The zero-order valence-corrected chi connectivity index (χ0v) is 17.8. The molecule has 1 aliphatic carbocycles. The van der Waals surface area contributed by atoms with Crippen molar-refractivity contribution in [1.82, 2.24) is 10.4 Å². The minimum atomic E-state index is -4.03. The first-order chi connectivity index (χ1) is 14.4. The molecule has 0 spiro atoms. The normalized spacial score (nSPS) is 19.3. The molecule has 9 heteroatoms. The maximum absolute atomic E-state index is 13.5. The van der Waals surface area contributed by atoms with Crippen LogP contribution in [0.2, 0.25) is 5.02 Å². The van der Waals surface area contributed by atoms with Crippen molar-refractivity contribution in [3.8, 4) is 11.5 Å². The highest BCUT2D eigenvalue weighted by atomic mass is 35.5. The van der Waals surface area contributed by atoms with Crippen LogP contribution in [0, 0.1) is 0 Å². The number of piperidine rings is 1. The van der Waals surface area contributed by atoms with Crippen molar-refractivity contribution < 1.29 is 23.2 Å². The van der Waals surface area contributed by atoms with E-state index < -0.39 is 20.5 Å². The number of carbonyl (C=O) groups is 1. The van der Waals surface area contributed by atoms with Gasteiger partial charge in [-0.15, -0.1) is 0 Å². The van der Waals surface area contributed by atoms with Crippen molar-refractivity contribution in [2.24, 2.45) is 0 Å². The number of benzene rings is 2. The third kappa shape index (κ3) is 3.92. The Balaban J connectivity index is 1.57. The Labute approximate surface area is 180 Å². The van der Waals surface area contributed by atoms with E-state index in [2.05, 4.69) is 4.90 Å². The van der Waals surface area contributed by atoms with E-state index in [0.29, 0.717) is 35.7 Å². The summed E-state index contributed by atoms with van der Waals surface area (Å²) in [4.78, 5) is 14.8. The third-order valence-corrected chi connectivity index (χ3v) is 8.65. The maximum atomic E-state index is 13.5. The molecule has 0 bridgehead atoms. The summed E-state index contributed by atoms with van der Waals surface area (Å²) in [6.07, 6.45) is 2.50. The molecular formula is C21H23ClN2O5S. The molecule has 1 saturated heterocycles. The first kappa shape index (κ1) is 21.1. The van der Waals surface area contributed by atoms with E-state index in [1.165, 1.54) is 12.1 Å². The molecule has 2 fully saturated rings. The fraction of sp³-hybridized carbons (Fsp3) is 0.381. The van der Waals surface area contributed by atoms with Crippen LogP contribution in [-0.4, -0.2) is 48.3 Å². The average molecular weight is 451 g/mol. The van der Waals surface area contributed by atoms with E-state index >= 15 is 0 Å². The molecule has 1 aliphatic heterocycles. The second-order valence-corrected chi connectivity index (χ2v) is 10.4. The average Bonchev–Trinajstić information content (AvgIpc) is 3.60. The summed E-state index contributed by atoms with van der Waals surface area (Å²) in [5.74, 6) is 0.151. The topological polar surface area (TPSA) is 95.9 Å². The molecule has 2 aliphatic rings. The van der Waals surface area contributed by atoms with Gasteiger partial charge in [-0.1, -0.05) is 11.6 Å². The van der Waals surface area contributed by atoms with Gasteiger partial charge in [0.25, 0.3) is 5.91 Å². The summed E-state index contributed by atoms with van der Waals surface area (Å²) in [6.45, 7) is 1.02. The Morgan fingerprint density at radius 3 is 2.07 bits per heavy atom. The number of likely N-dealkylation sites (tertiary alicyclic amines) is 1. The van der Waals surface area contributed by atoms with Crippen molar-refractivity contribution in [2.45, 2.75) is 41.4 Å². The highest BCUT2D eigenvalue weighted by Crippen LogP contribution is 2.39. The van der Waals surface area contributed by atoms with Crippen LogP contribution in [0.3, 0.4) is 0 Å². The number of amides is 1. The molecule has 30 heavy (non-hydrogen) atoms. The molecular weight excluding hydrogens is 428 g/mol. The molecule has 2 aromatic carbocycles. The molecule has 0 radical (unpaired) electrons. The Kier molecular flexibility index (Phi) is 5.76. The van der Waals surface area contributed by atoms with Gasteiger partial charge >= 0.3 is 0 Å². The van der Waals surface area contributed by atoms with E-state index in [0.717, 1.165) is 12.8 Å². The van der Waals surface area contributed by atoms with Gasteiger partial charge in [0.2, 0.25) is 0 Å². The molecule has 2 aromatic rings.